The largest absolute Gasteiger partial charge is 0.434 e. The van der Waals surface area contributed by atoms with E-state index in [2.05, 4.69) is 20.4 Å². The minimum atomic E-state index is -2.88. The van der Waals surface area contributed by atoms with Gasteiger partial charge in [0.2, 0.25) is 0 Å². The fourth-order valence-electron chi connectivity index (χ4n) is 2.90. The number of rotatable bonds is 8. The molecule has 31 heavy (non-hydrogen) atoms. The highest BCUT2D eigenvalue weighted by molar-refractivity contribution is 14.0. The van der Waals surface area contributed by atoms with E-state index in [4.69, 9.17) is 0 Å². The van der Waals surface area contributed by atoms with E-state index in [-0.39, 0.29) is 42.2 Å². The van der Waals surface area contributed by atoms with Crippen molar-refractivity contribution in [3.63, 3.8) is 0 Å². The zero-order chi connectivity index (χ0) is 22.1. The summed E-state index contributed by atoms with van der Waals surface area (Å²) in [6.45, 7) is -0.110. The lowest BCUT2D eigenvalue weighted by molar-refractivity contribution is -0.0504. The Labute approximate surface area is 199 Å². The topological polar surface area (TPSA) is 66.0 Å². The SMILES string of the molecule is CN=C(NCCc1cccc(C(=O)N(C)C)c1)NCc1cc(C)ccc1OC(F)F.I. The van der Waals surface area contributed by atoms with Crippen LogP contribution in [0.15, 0.2) is 47.5 Å². The standard InChI is InChI=1S/C22H28F2N4O2.HI/c1-15-8-9-19(30-21(23)24)18(12-15)14-27-22(25-2)26-11-10-16-6-5-7-17(13-16)20(29)28(3)4;/h5-9,12-13,21H,10-11,14H2,1-4H3,(H2,25,26,27);1H. The summed E-state index contributed by atoms with van der Waals surface area (Å²) in [5.41, 5.74) is 3.24. The molecule has 0 spiro atoms. The maximum absolute atomic E-state index is 12.6. The number of hydrogen-bond donors (Lipinski definition) is 2. The maximum Gasteiger partial charge on any atom is 0.387 e. The molecule has 0 saturated heterocycles. The molecule has 0 aliphatic rings. The second-order valence-corrected chi connectivity index (χ2v) is 6.99. The van der Waals surface area contributed by atoms with E-state index >= 15 is 0 Å². The average Bonchev–Trinajstić information content (AvgIpc) is 2.71. The first-order chi connectivity index (χ1) is 14.3. The zero-order valence-corrected chi connectivity index (χ0v) is 20.4. The summed E-state index contributed by atoms with van der Waals surface area (Å²) in [5, 5.41) is 6.30. The van der Waals surface area contributed by atoms with Crippen molar-refractivity contribution < 1.29 is 18.3 Å². The van der Waals surface area contributed by atoms with Gasteiger partial charge in [0.05, 0.1) is 0 Å². The zero-order valence-electron chi connectivity index (χ0n) is 18.1. The van der Waals surface area contributed by atoms with Gasteiger partial charge in [-0.2, -0.15) is 8.78 Å². The van der Waals surface area contributed by atoms with Crippen molar-refractivity contribution >= 4 is 35.8 Å². The molecule has 0 bridgehead atoms. The number of aryl methyl sites for hydroxylation is 1. The van der Waals surface area contributed by atoms with Crippen LogP contribution in [-0.4, -0.2) is 51.1 Å². The predicted molar refractivity (Wildman–Crippen MR) is 130 cm³/mol. The van der Waals surface area contributed by atoms with Crippen LogP contribution in [-0.2, 0) is 13.0 Å². The number of benzene rings is 2. The van der Waals surface area contributed by atoms with Crippen LogP contribution in [0.3, 0.4) is 0 Å². The summed E-state index contributed by atoms with van der Waals surface area (Å²) < 4.78 is 29.8. The smallest absolute Gasteiger partial charge is 0.387 e. The molecule has 0 aliphatic carbocycles. The summed E-state index contributed by atoms with van der Waals surface area (Å²) in [7, 11) is 5.08. The Morgan fingerprint density at radius 3 is 2.55 bits per heavy atom. The van der Waals surface area contributed by atoms with Crippen LogP contribution >= 0.6 is 24.0 Å². The number of guanidine groups is 1. The Kier molecular flexibility index (Phi) is 11.2. The van der Waals surface area contributed by atoms with E-state index in [1.807, 2.05) is 25.1 Å². The van der Waals surface area contributed by atoms with Gasteiger partial charge in [-0.15, -0.1) is 24.0 Å². The van der Waals surface area contributed by atoms with Gasteiger partial charge in [0, 0.05) is 45.4 Å². The second-order valence-electron chi connectivity index (χ2n) is 6.99. The van der Waals surface area contributed by atoms with Crippen LogP contribution in [0.2, 0.25) is 0 Å². The van der Waals surface area contributed by atoms with Crippen molar-refractivity contribution in [1.82, 2.24) is 15.5 Å². The van der Waals surface area contributed by atoms with Crippen molar-refractivity contribution in [3.8, 4) is 5.75 Å². The van der Waals surface area contributed by atoms with E-state index in [0.29, 0.717) is 30.1 Å². The second kappa shape index (κ2) is 13.1. The van der Waals surface area contributed by atoms with Crippen LogP contribution in [0.4, 0.5) is 8.78 Å². The minimum absolute atomic E-state index is 0. The highest BCUT2D eigenvalue weighted by atomic mass is 127. The average molecular weight is 546 g/mol. The van der Waals surface area contributed by atoms with Gasteiger partial charge in [-0.3, -0.25) is 9.79 Å². The van der Waals surface area contributed by atoms with Crippen molar-refractivity contribution in [1.29, 1.82) is 0 Å². The molecular formula is C22H29F2IN4O2. The van der Waals surface area contributed by atoms with Crippen molar-refractivity contribution in [2.75, 3.05) is 27.7 Å². The summed E-state index contributed by atoms with van der Waals surface area (Å²) in [4.78, 5) is 17.8. The molecule has 0 radical (unpaired) electrons. The number of halogens is 3. The molecular weight excluding hydrogens is 517 g/mol. The molecule has 2 aromatic rings. The third-order valence-corrected chi connectivity index (χ3v) is 4.39. The number of nitrogens with one attached hydrogen (secondary N) is 2. The Bertz CT molecular complexity index is 892. The van der Waals surface area contributed by atoms with Gasteiger partial charge in [0.15, 0.2) is 5.96 Å². The molecule has 170 valence electrons. The van der Waals surface area contributed by atoms with Crippen LogP contribution in [0.1, 0.15) is 27.0 Å². The fraction of sp³-hybridized carbons (Fsp3) is 0.364. The van der Waals surface area contributed by atoms with E-state index in [9.17, 15) is 13.6 Å². The maximum atomic E-state index is 12.6. The fourth-order valence-corrected chi connectivity index (χ4v) is 2.90. The van der Waals surface area contributed by atoms with E-state index < -0.39 is 6.61 Å². The normalized spacial score (nSPS) is 11.0. The molecule has 2 aromatic carbocycles. The molecule has 0 fully saturated rings. The molecule has 0 aliphatic heterocycles. The monoisotopic (exact) mass is 546 g/mol. The number of hydrogen-bond acceptors (Lipinski definition) is 3. The highest BCUT2D eigenvalue weighted by Gasteiger charge is 2.11. The molecule has 2 N–H and O–H groups in total. The summed E-state index contributed by atoms with van der Waals surface area (Å²) in [5.74, 6) is 0.642. The summed E-state index contributed by atoms with van der Waals surface area (Å²) in [6.07, 6.45) is 0.694. The quantitative estimate of drug-likeness (QED) is 0.300. The van der Waals surface area contributed by atoms with Crippen LogP contribution < -0.4 is 15.4 Å². The molecule has 0 aromatic heterocycles. The predicted octanol–water partition coefficient (Wildman–Crippen LogP) is 3.82. The Morgan fingerprint density at radius 2 is 1.90 bits per heavy atom. The number of ether oxygens (including phenoxy) is 1. The molecule has 0 heterocycles. The first-order valence-corrected chi connectivity index (χ1v) is 9.59. The third kappa shape index (κ3) is 8.68. The van der Waals surface area contributed by atoms with Crippen LogP contribution in [0.25, 0.3) is 0 Å². The highest BCUT2D eigenvalue weighted by Crippen LogP contribution is 2.22. The third-order valence-electron chi connectivity index (χ3n) is 4.39. The van der Waals surface area contributed by atoms with Gasteiger partial charge in [0.25, 0.3) is 5.91 Å². The van der Waals surface area contributed by atoms with Gasteiger partial charge in [-0.05, 0) is 37.1 Å². The van der Waals surface area contributed by atoms with Gasteiger partial charge >= 0.3 is 6.61 Å². The molecule has 0 atom stereocenters. The Balaban J connectivity index is 0.00000480. The first kappa shape index (κ1) is 26.6. The minimum Gasteiger partial charge on any atom is -0.434 e. The van der Waals surface area contributed by atoms with E-state index in [0.717, 1.165) is 11.1 Å². The number of carbonyl (C=O) groups is 1. The van der Waals surface area contributed by atoms with Crippen molar-refractivity contribution in [2.24, 2.45) is 4.99 Å². The Hall–Kier alpha value is -2.43. The molecule has 6 nitrogen and oxygen atoms in total. The first-order valence-electron chi connectivity index (χ1n) is 9.59. The van der Waals surface area contributed by atoms with Gasteiger partial charge in [0.1, 0.15) is 5.75 Å². The van der Waals surface area contributed by atoms with Gasteiger partial charge in [-0.25, -0.2) is 0 Å². The van der Waals surface area contributed by atoms with Gasteiger partial charge in [-0.1, -0.05) is 29.8 Å². The lowest BCUT2D eigenvalue weighted by Crippen LogP contribution is -2.38. The van der Waals surface area contributed by atoms with Crippen molar-refractivity contribution in [2.45, 2.75) is 26.5 Å². The van der Waals surface area contributed by atoms with Crippen LogP contribution in [0, 0.1) is 6.92 Å². The molecule has 1 amide bonds. The summed E-state index contributed by atoms with van der Waals surface area (Å²) >= 11 is 0. The Morgan fingerprint density at radius 1 is 1.16 bits per heavy atom. The van der Waals surface area contributed by atoms with Gasteiger partial charge < -0.3 is 20.3 Å². The number of alkyl halides is 2. The number of nitrogens with zero attached hydrogens (tertiary/aromatic N) is 2. The number of amides is 1. The molecule has 9 heteroatoms. The lowest BCUT2D eigenvalue weighted by atomic mass is 10.1. The van der Waals surface area contributed by atoms with E-state index in [1.165, 1.54) is 6.07 Å². The van der Waals surface area contributed by atoms with Crippen LogP contribution in [0.5, 0.6) is 5.75 Å². The molecule has 2 rings (SSSR count). The van der Waals surface area contributed by atoms with Crippen molar-refractivity contribution in [3.05, 3.63) is 64.7 Å². The molecule has 0 saturated carbocycles. The van der Waals surface area contributed by atoms with E-state index in [1.54, 1.807) is 44.2 Å². The number of aliphatic imine (C=N–C) groups is 1. The number of carbonyl (C=O) groups excluding carboxylic acids is 1. The summed E-state index contributed by atoms with van der Waals surface area (Å²) in [6, 6.07) is 12.6. The lowest BCUT2D eigenvalue weighted by Gasteiger charge is -2.15. The molecule has 0 unspecified atom stereocenters.